The van der Waals surface area contributed by atoms with Gasteiger partial charge in [-0.2, -0.15) is 0 Å². The van der Waals surface area contributed by atoms with Crippen molar-refractivity contribution in [3.05, 3.63) is 35.9 Å². The Bertz CT molecular complexity index is 419. The summed E-state index contributed by atoms with van der Waals surface area (Å²) >= 11 is 0. The molecule has 1 aliphatic heterocycles. The maximum atomic E-state index is 12.0. The van der Waals surface area contributed by atoms with Gasteiger partial charge in [0.25, 0.3) is 0 Å². The molecular formula is C15H22ClNO2. The Kier molecular flexibility index (Phi) is 5.39. The molecule has 3 nitrogen and oxygen atoms in total. The first-order valence-electron chi connectivity index (χ1n) is 6.50. The van der Waals surface area contributed by atoms with Gasteiger partial charge in [-0.1, -0.05) is 18.2 Å². The van der Waals surface area contributed by atoms with E-state index in [0.717, 1.165) is 12.8 Å². The molecule has 0 bridgehead atoms. The van der Waals surface area contributed by atoms with Crippen LogP contribution in [0.15, 0.2) is 30.3 Å². The third-order valence-electron chi connectivity index (χ3n) is 3.27. The molecule has 0 aliphatic carbocycles. The molecule has 1 saturated heterocycles. The Morgan fingerprint density at radius 1 is 1.32 bits per heavy atom. The normalized spacial score (nSPS) is 25.2. The zero-order valence-corrected chi connectivity index (χ0v) is 12.5. The van der Waals surface area contributed by atoms with Crippen LogP contribution >= 0.6 is 12.4 Å². The van der Waals surface area contributed by atoms with Crippen molar-refractivity contribution in [1.82, 2.24) is 5.32 Å². The van der Waals surface area contributed by atoms with Crippen molar-refractivity contribution in [3.8, 4) is 0 Å². The van der Waals surface area contributed by atoms with Gasteiger partial charge in [0.15, 0.2) is 0 Å². The molecule has 0 radical (unpaired) electrons. The molecular weight excluding hydrogens is 262 g/mol. The average Bonchev–Trinajstić information content (AvgIpc) is 2.27. The number of hydrogen-bond donors (Lipinski definition) is 1. The molecule has 4 heteroatoms. The lowest BCUT2D eigenvalue weighted by molar-refractivity contribution is 0.00587. The zero-order chi connectivity index (χ0) is 13.2. The van der Waals surface area contributed by atoms with Crippen molar-refractivity contribution in [1.29, 1.82) is 0 Å². The Hall–Kier alpha value is -1.06. The molecule has 1 aromatic carbocycles. The van der Waals surface area contributed by atoms with Gasteiger partial charge in [0.1, 0.15) is 6.10 Å². The SMILES string of the molecule is C[C@H]1C[C@@H](OC(=O)c2ccccc2)CC(C)(C)N1.Cl. The molecule has 1 N–H and O–H groups in total. The number of carbonyl (C=O) groups is 1. The Balaban J connectivity index is 0.00000180. The van der Waals surface area contributed by atoms with Crippen molar-refractivity contribution in [3.63, 3.8) is 0 Å². The van der Waals surface area contributed by atoms with Crippen molar-refractivity contribution in [2.24, 2.45) is 0 Å². The van der Waals surface area contributed by atoms with Gasteiger partial charge >= 0.3 is 5.97 Å². The molecule has 106 valence electrons. The summed E-state index contributed by atoms with van der Waals surface area (Å²) in [6.07, 6.45) is 1.74. The summed E-state index contributed by atoms with van der Waals surface area (Å²) in [4.78, 5) is 12.0. The number of halogens is 1. The molecule has 1 aromatic rings. The minimum atomic E-state index is -0.217. The van der Waals surface area contributed by atoms with Crippen LogP contribution < -0.4 is 5.32 Å². The van der Waals surface area contributed by atoms with Gasteiger partial charge in [0.2, 0.25) is 0 Å². The summed E-state index contributed by atoms with van der Waals surface area (Å²) in [5, 5.41) is 3.51. The number of benzene rings is 1. The fourth-order valence-corrected chi connectivity index (χ4v) is 2.72. The van der Waals surface area contributed by atoms with E-state index in [4.69, 9.17) is 4.74 Å². The predicted octanol–water partition coefficient (Wildman–Crippen LogP) is 3.18. The summed E-state index contributed by atoms with van der Waals surface area (Å²) in [5.74, 6) is -0.217. The maximum Gasteiger partial charge on any atom is 0.338 e. The number of piperidine rings is 1. The standard InChI is InChI=1S/C15H21NO2.ClH/c1-11-9-13(10-15(2,3)16-11)18-14(17)12-7-5-4-6-8-12;/h4-8,11,13,16H,9-10H2,1-3H3;1H/t11-,13+;/m0./s1. The molecule has 1 fully saturated rings. The van der Waals surface area contributed by atoms with Gasteiger partial charge in [-0.15, -0.1) is 12.4 Å². The first kappa shape index (κ1) is 16.0. The second-order valence-electron chi connectivity index (χ2n) is 5.76. The van der Waals surface area contributed by atoms with E-state index in [2.05, 4.69) is 26.1 Å². The highest BCUT2D eigenvalue weighted by atomic mass is 35.5. The predicted molar refractivity (Wildman–Crippen MR) is 78.8 cm³/mol. The Morgan fingerprint density at radius 2 is 1.95 bits per heavy atom. The minimum absolute atomic E-state index is 0. The molecule has 0 spiro atoms. The van der Waals surface area contributed by atoms with E-state index in [0.29, 0.717) is 11.6 Å². The summed E-state index contributed by atoms with van der Waals surface area (Å²) in [5.41, 5.74) is 0.653. The second-order valence-corrected chi connectivity index (χ2v) is 5.76. The van der Waals surface area contributed by atoms with E-state index >= 15 is 0 Å². The highest BCUT2D eigenvalue weighted by Crippen LogP contribution is 2.25. The first-order chi connectivity index (χ1) is 8.46. The van der Waals surface area contributed by atoms with Crippen LogP contribution in [0.2, 0.25) is 0 Å². The largest absolute Gasteiger partial charge is 0.459 e. The maximum absolute atomic E-state index is 12.0. The van der Waals surface area contributed by atoms with Crippen LogP contribution in [-0.4, -0.2) is 23.7 Å². The first-order valence-corrected chi connectivity index (χ1v) is 6.50. The fraction of sp³-hybridized carbons (Fsp3) is 0.533. The van der Waals surface area contributed by atoms with Gasteiger partial charge in [-0.25, -0.2) is 4.79 Å². The number of ether oxygens (including phenoxy) is 1. The third-order valence-corrected chi connectivity index (χ3v) is 3.27. The van der Waals surface area contributed by atoms with Gasteiger partial charge in [0, 0.05) is 18.0 Å². The van der Waals surface area contributed by atoms with E-state index in [1.807, 2.05) is 18.2 Å². The third kappa shape index (κ3) is 4.51. The van der Waals surface area contributed by atoms with Crippen LogP contribution in [0.1, 0.15) is 44.0 Å². The lowest BCUT2D eigenvalue weighted by atomic mass is 9.87. The molecule has 19 heavy (non-hydrogen) atoms. The van der Waals surface area contributed by atoms with Crippen molar-refractivity contribution in [2.45, 2.75) is 51.3 Å². The quantitative estimate of drug-likeness (QED) is 0.847. The summed E-state index contributed by atoms with van der Waals surface area (Å²) in [7, 11) is 0. The van der Waals surface area contributed by atoms with E-state index in [9.17, 15) is 4.79 Å². The van der Waals surface area contributed by atoms with Crippen LogP contribution in [0.5, 0.6) is 0 Å². The molecule has 1 heterocycles. The number of rotatable bonds is 2. The van der Waals surface area contributed by atoms with Crippen molar-refractivity contribution in [2.75, 3.05) is 0 Å². The van der Waals surface area contributed by atoms with Crippen molar-refractivity contribution < 1.29 is 9.53 Å². The fourth-order valence-electron chi connectivity index (χ4n) is 2.72. The monoisotopic (exact) mass is 283 g/mol. The number of nitrogens with one attached hydrogen (secondary N) is 1. The van der Waals surface area contributed by atoms with E-state index in [-0.39, 0.29) is 30.0 Å². The van der Waals surface area contributed by atoms with Crippen molar-refractivity contribution >= 4 is 18.4 Å². The molecule has 0 unspecified atom stereocenters. The second kappa shape index (κ2) is 6.40. The number of esters is 1. The minimum Gasteiger partial charge on any atom is -0.459 e. The Labute approximate surface area is 121 Å². The van der Waals surface area contributed by atoms with Gasteiger partial charge in [-0.3, -0.25) is 0 Å². The number of hydrogen-bond acceptors (Lipinski definition) is 3. The van der Waals surface area contributed by atoms with Crippen LogP contribution in [0.4, 0.5) is 0 Å². The number of carbonyl (C=O) groups excluding carboxylic acids is 1. The summed E-state index contributed by atoms with van der Waals surface area (Å²) in [6.45, 7) is 6.42. The van der Waals surface area contributed by atoms with Crippen LogP contribution in [0, 0.1) is 0 Å². The van der Waals surface area contributed by atoms with Gasteiger partial charge in [0.05, 0.1) is 5.56 Å². The van der Waals surface area contributed by atoms with Crippen LogP contribution in [0.3, 0.4) is 0 Å². The molecule has 0 amide bonds. The van der Waals surface area contributed by atoms with E-state index in [1.165, 1.54) is 0 Å². The molecule has 1 aliphatic rings. The van der Waals surface area contributed by atoms with Gasteiger partial charge in [-0.05, 0) is 39.3 Å². The Morgan fingerprint density at radius 3 is 2.53 bits per heavy atom. The molecule has 2 rings (SSSR count). The smallest absolute Gasteiger partial charge is 0.338 e. The molecule has 2 atom stereocenters. The summed E-state index contributed by atoms with van der Waals surface area (Å²) in [6, 6.07) is 9.56. The highest BCUT2D eigenvalue weighted by molar-refractivity contribution is 5.89. The van der Waals surface area contributed by atoms with Crippen LogP contribution in [-0.2, 0) is 4.74 Å². The molecule has 0 saturated carbocycles. The average molecular weight is 284 g/mol. The molecule has 0 aromatic heterocycles. The van der Waals surface area contributed by atoms with E-state index in [1.54, 1.807) is 12.1 Å². The highest BCUT2D eigenvalue weighted by Gasteiger charge is 2.33. The summed E-state index contributed by atoms with van der Waals surface area (Å²) < 4.78 is 5.60. The van der Waals surface area contributed by atoms with E-state index < -0.39 is 0 Å². The van der Waals surface area contributed by atoms with Crippen LogP contribution in [0.25, 0.3) is 0 Å². The lowest BCUT2D eigenvalue weighted by Gasteiger charge is -2.39. The van der Waals surface area contributed by atoms with Gasteiger partial charge < -0.3 is 10.1 Å². The lowest BCUT2D eigenvalue weighted by Crippen LogP contribution is -2.53. The zero-order valence-electron chi connectivity index (χ0n) is 11.7. The topological polar surface area (TPSA) is 38.3 Å².